The lowest BCUT2D eigenvalue weighted by atomic mass is 10.1. The van der Waals surface area contributed by atoms with Gasteiger partial charge in [0.25, 0.3) is 0 Å². The molecule has 0 fully saturated rings. The van der Waals surface area contributed by atoms with Crippen molar-refractivity contribution in [2.24, 2.45) is 0 Å². The molecule has 1 heterocycles. The zero-order valence-electron chi connectivity index (χ0n) is 13.9. The molecule has 0 unspecified atom stereocenters. The van der Waals surface area contributed by atoms with E-state index >= 15 is 0 Å². The molecule has 124 valence electrons. The fourth-order valence-corrected chi connectivity index (χ4v) is 3.19. The highest BCUT2D eigenvalue weighted by Gasteiger charge is 2.11. The van der Waals surface area contributed by atoms with Crippen LogP contribution in [0, 0.1) is 11.3 Å². The zero-order chi connectivity index (χ0) is 17.6. The Morgan fingerprint density at radius 3 is 2.72 bits per heavy atom. The quantitative estimate of drug-likeness (QED) is 0.616. The molecule has 3 aromatic rings. The Kier molecular flexibility index (Phi) is 5.12. The lowest BCUT2D eigenvalue weighted by Gasteiger charge is -2.04. The molecule has 0 atom stereocenters. The summed E-state index contributed by atoms with van der Waals surface area (Å²) in [7, 11) is 3.25. The van der Waals surface area contributed by atoms with Crippen LogP contribution in [-0.4, -0.2) is 19.2 Å². The normalized spacial score (nSPS) is 11.0. The zero-order valence-corrected chi connectivity index (χ0v) is 14.7. The van der Waals surface area contributed by atoms with E-state index in [1.54, 1.807) is 20.3 Å². The number of nitrogens with zero attached hydrogens (tertiary/aromatic N) is 2. The van der Waals surface area contributed by atoms with Crippen molar-refractivity contribution in [3.8, 4) is 28.8 Å². The average Bonchev–Trinajstić information content (AvgIpc) is 3.16. The minimum absolute atomic E-state index is 0.503. The highest BCUT2D eigenvalue weighted by atomic mass is 32.1. The molecular weight excluding hydrogens is 332 g/mol. The first-order valence-electron chi connectivity index (χ1n) is 7.60. The SMILES string of the molecule is COc1cccc(-c2csc(/C(C#N)=C/c3ccccc3OC)n2)c1. The summed E-state index contributed by atoms with van der Waals surface area (Å²) in [5.41, 5.74) is 3.12. The van der Waals surface area contributed by atoms with Crippen LogP contribution in [0.25, 0.3) is 22.9 Å². The molecule has 3 rings (SSSR count). The monoisotopic (exact) mass is 348 g/mol. The first-order chi connectivity index (χ1) is 12.2. The number of rotatable bonds is 5. The molecule has 0 bridgehead atoms. The smallest absolute Gasteiger partial charge is 0.134 e. The first-order valence-corrected chi connectivity index (χ1v) is 8.48. The molecule has 1 aromatic heterocycles. The minimum Gasteiger partial charge on any atom is -0.497 e. The Hall–Kier alpha value is -3.10. The maximum Gasteiger partial charge on any atom is 0.134 e. The summed E-state index contributed by atoms with van der Waals surface area (Å²) in [5.74, 6) is 1.50. The Bertz CT molecular complexity index is 954. The molecule has 0 saturated carbocycles. The Morgan fingerprint density at radius 1 is 1.12 bits per heavy atom. The van der Waals surface area contributed by atoms with Crippen LogP contribution in [0.3, 0.4) is 0 Å². The molecule has 25 heavy (non-hydrogen) atoms. The van der Waals surface area contributed by atoms with Crippen molar-refractivity contribution < 1.29 is 9.47 Å². The third-order valence-electron chi connectivity index (χ3n) is 3.66. The minimum atomic E-state index is 0.503. The molecule has 0 aliphatic rings. The van der Waals surface area contributed by atoms with Crippen molar-refractivity contribution in [2.45, 2.75) is 0 Å². The van der Waals surface area contributed by atoms with Crippen molar-refractivity contribution in [1.82, 2.24) is 4.98 Å². The number of methoxy groups -OCH3 is 2. The van der Waals surface area contributed by atoms with Crippen molar-refractivity contribution >= 4 is 23.0 Å². The molecule has 0 N–H and O–H groups in total. The van der Waals surface area contributed by atoms with Gasteiger partial charge in [-0.2, -0.15) is 5.26 Å². The molecule has 0 aliphatic heterocycles. The van der Waals surface area contributed by atoms with Crippen LogP contribution in [0.5, 0.6) is 11.5 Å². The van der Waals surface area contributed by atoms with Crippen LogP contribution in [0.2, 0.25) is 0 Å². The lowest BCUT2D eigenvalue weighted by molar-refractivity contribution is 0.414. The summed E-state index contributed by atoms with van der Waals surface area (Å²) < 4.78 is 10.6. The highest BCUT2D eigenvalue weighted by molar-refractivity contribution is 7.11. The van der Waals surface area contributed by atoms with E-state index in [0.29, 0.717) is 10.6 Å². The van der Waals surface area contributed by atoms with E-state index in [9.17, 15) is 5.26 Å². The van der Waals surface area contributed by atoms with Crippen LogP contribution in [-0.2, 0) is 0 Å². The van der Waals surface area contributed by atoms with E-state index in [2.05, 4.69) is 11.1 Å². The second-order valence-corrected chi connectivity index (χ2v) is 6.04. The molecular formula is C20H16N2O2S. The number of hydrogen-bond donors (Lipinski definition) is 0. The number of ether oxygens (including phenoxy) is 2. The predicted octanol–water partition coefficient (Wildman–Crippen LogP) is 4.89. The van der Waals surface area contributed by atoms with Gasteiger partial charge in [-0.1, -0.05) is 30.3 Å². The Balaban J connectivity index is 1.97. The number of allylic oxidation sites excluding steroid dienone is 1. The fourth-order valence-electron chi connectivity index (χ4n) is 2.40. The van der Waals surface area contributed by atoms with E-state index in [-0.39, 0.29) is 0 Å². The standard InChI is InChI=1S/C20H16N2O2S/c1-23-17-8-5-7-14(11-17)18-13-25-20(22-18)16(12-21)10-15-6-3-4-9-19(15)24-2/h3-11,13H,1-2H3/b16-10+. The van der Waals surface area contributed by atoms with Crippen LogP contribution < -0.4 is 9.47 Å². The van der Waals surface area contributed by atoms with Gasteiger partial charge in [0.15, 0.2) is 0 Å². The highest BCUT2D eigenvalue weighted by Crippen LogP contribution is 2.30. The van der Waals surface area contributed by atoms with Gasteiger partial charge in [0.2, 0.25) is 0 Å². The number of para-hydroxylation sites is 1. The number of nitriles is 1. The van der Waals surface area contributed by atoms with Crippen LogP contribution in [0.15, 0.2) is 53.9 Å². The fraction of sp³-hybridized carbons (Fsp3) is 0.100. The first kappa shape index (κ1) is 16.7. The molecule has 0 radical (unpaired) electrons. The van der Waals surface area contributed by atoms with E-state index in [1.165, 1.54) is 11.3 Å². The lowest BCUT2D eigenvalue weighted by Crippen LogP contribution is -1.88. The largest absolute Gasteiger partial charge is 0.497 e. The summed E-state index contributed by atoms with van der Waals surface area (Å²) in [6.45, 7) is 0. The van der Waals surface area contributed by atoms with Gasteiger partial charge in [-0.05, 0) is 24.3 Å². The predicted molar refractivity (Wildman–Crippen MR) is 101 cm³/mol. The molecule has 0 spiro atoms. The van der Waals surface area contributed by atoms with Gasteiger partial charge >= 0.3 is 0 Å². The summed E-state index contributed by atoms with van der Waals surface area (Å²) in [4.78, 5) is 4.61. The Morgan fingerprint density at radius 2 is 1.96 bits per heavy atom. The number of aromatic nitrogens is 1. The topological polar surface area (TPSA) is 55.1 Å². The van der Waals surface area contributed by atoms with Gasteiger partial charge in [0.1, 0.15) is 22.6 Å². The summed E-state index contributed by atoms with van der Waals surface area (Å²) >= 11 is 1.44. The van der Waals surface area contributed by atoms with Crippen molar-refractivity contribution in [1.29, 1.82) is 5.26 Å². The average molecular weight is 348 g/mol. The van der Waals surface area contributed by atoms with Gasteiger partial charge < -0.3 is 9.47 Å². The molecule has 0 amide bonds. The molecule has 0 aliphatic carbocycles. The van der Waals surface area contributed by atoms with Crippen LogP contribution >= 0.6 is 11.3 Å². The third kappa shape index (κ3) is 3.70. The van der Waals surface area contributed by atoms with Gasteiger partial charge in [-0.3, -0.25) is 0 Å². The Labute approximate surface area is 150 Å². The number of benzene rings is 2. The van der Waals surface area contributed by atoms with Gasteiger partial charge in [-0.25, -0.2) is 4.98 Å². The molecule has 5 heteroatoms. The van der Waals surface area contributed by atoms with E-state index in [4.69, 9.17) is 9.47 Å². The third-order valence-corrected chi connectivity index (χ3v) is 4.53. The maximum absolute atomic E-state index is 9.55. The van der Waals surface area contributed by atoms with Gasteiger partial charge in [0, 0.05) is 16.5 Å². The van der Waals surface area contributed by atoms with Crippen molar-refractivity contribution in [3.63, 3.8) is 0 Å². The van der Waals surface area contributed by atoms with Gasteiger partial charge in [-0.15, -0.1) is 11.3 Å². The van der Waals surface area contributed by atoms with E-state index in [1.807, 2.05) is 53.9 Å². The van der Waals surface area contributed by atoms with E-state index in [0.717, 1.165) is 28.3 Å². The summed E-state index contributed by atoms with van der Waals surface area (Å²) in [6.07, 6.45) is 1.80. The van der Waals surface area contributed by atoms with Crippen LogP contribution in [0.4, 0.5) is 0 Å². The van der Waals surface area contributed by atoms with Gasteiger partial charge in [0.05, 0.1) is 25.5 Å². The van der Waals surface area contributed by atoms with Crippen molar-refractivity contribution in [2.75, 3.05) is 14.2 Å². The summed E-state index contributed by atoms with van der Waals surface area (Å²) in [5, 5.41) is 12.2. The summed E-state index contributed by atoms with van der Waals surface area (Å²) in [6, 6.07) is 17.5. The molecule has 0 saturated heterocycles. The maximum atomic E-state index is 9.55. The second kappa shape index (κ2) is 7.65. The second-order valence-electron chi connectivity index (χ2n) is 5.18. The number of hydrogen-bond acceptors (Lipinski definition) is 5. The molecule has 4 nitrogen and oxygen atoms in total. The molecule has 2 aromatic carbocycles. The van der Waals surface area contributed by atoms with E-state index < -0.39 is 0 Å². The van der Waals surface area contributed by atoms with Crippen LogP contribution in [0.1, 0.15) is 10.6 Å². The number of thiazole rings is 1. The van der Waals surface area contributed by atoms with Crippen molar-refractivity contribution in [3.05, 3.63) is 64.5 Å².